The summed E-state index contributed by atoms with van der Waals surface area (Å²) < 4.78 is 24.5. The van der Waals surface area contributed by atoms with E-state index < -0.39 is 36.0 Å². The number of furan rings is 1. The average molecular weight is 523 g/mol. The van der Waals surface area contributed by atoms with Gasteiger partial charge in [0.15, 0.2) is 0 Å². The molecule has 0 fully saturated rings. The van der Waals surface area contributed by atoms with Crippen LogP contribution in [-0.2, 0) is 20.8 Å². The smallest absolute Gasteiger partial charge is 0.340 e. The van der Waals surface area contributed by atoms with E-state index in [0.717, 1.165) is 16.5 Å². The lowest BCUT2D eigenvalue weighted by Crippen LogP contribution is -2.48. The van der Waals surface area contributed by atoms with E-state index in [9.17, 15) is 28.7 Å². The Morgan fingerprint density at radius 3 is 2.42 bits per heavy atom. The summed E-state index contributed by atoms with van der Waals surface area (Å²) in [4.78, 5) is 48.9. The highest BCUT2D eigenvalue weighted by atomic mass is 19.1. The van der Waals surface area contributed by atoms with Gasteiger partial charge in [0, 0.05) is 22.4 Å². The van der Waals surface area contributed by atoms with E-state index in [4.69, 9.17) is 8.83 Å². The number of nitrogens with one attached hydrogen (secondary N) is 2. The molecule has 0 aliphatic heterocycles. The molecular weight excluding hydrogens is 495 g/mol. The second-order valence-corrected chi connectivity index (χ2v) is 9.22. The Morgan fingerprint density at radius 1 is 1.05 bits per heavy atom. The van der Waals surface area contributed by atoms with Crippen molar-refractivity contribution < 1.29 is 32.7 Å². The van der Waals surface area contributed by atoms with Crippen molar-refractivity contribution in [2.75, 3.05) is 6.54 Å². The molecule has 0 saturated heterocycles. The minimum absolute atomic E-state index is 0.129. The van der Waals surface area contributed by atoms with Gasteiger partial charge in [-0.2, -0.15) is 0 Å². The topological polar surface area (TPSA) is 139 Å². The maximum absolute atomic E-state index is 13.4. The first-order valence-electron chi connectivity index (χ1n) is 12.1. The van der Waals surface area contributed by atoms with Crippen molar-refractivity contribution in [1.29, 1.82) is 0 Å². The predicted molar refractivity (Wildman–Crippen MR) is 138 cm³/mol. The molecule has 2 atom stereocenters. The lowest BCUT2D eigenvalue weighted by atomic mass is 9.99. The Bertz CT molecular complexity index is 1590. The molecule has 0 saturated carbocycles. The Hall–Kier alpha value is -4.47. The Balaban J connectivity index is 1.55. The van der Waals surface area contributed by atoms with Crippen LogP contribution in [0.15, 0.2) is 56.3 Å². The summed E-state index contributed by atoms with van der Waals surface area (Å²) in [5.41, 5.74) is 2.21. The number of carboxylic acids is 1. The molecule has 2 amide bonds. The Morgan fingerprint density at radius 2 is 1.76 bits per heavy atom. The van der Waals surface area contributed by atoms with Crippen molar-refractivity contribution in [2.45, 2.75) is 39.7 Å². The molecule has 198 valence electrons. The van der Waals surface area contributed by atoms with E-state index >= 15 is 0 Å². The van der Waals surface area contributed by atoms with Crippen molar-refractivity contribution in [3.8, 4) is 11.1 Å². The van der Waals surface area contributed by atoms with Crippen LogP contribution in [-0.4, -0.2) is 35.5 Å². The van der Waals surface area contributed by atoms with Crippen LogP contribution in [0.4, 0.5) is 4.39 Å². The number of aliphatic carboxylic acids is 1. The molecule has 4 aromatic rings. The van der Waals surface area contributed by atoms with Crippen molar-refractivity contribution >= 4 is 39.7 Å². The molecule has 0 spiro atoms. The second kappa shape index (κ2) is 10.9. The van der Waals surface area contributed by atoms with Gasteiger partial charge in [0.2, 0.25) is 11.8 Å². The van der Waals surface area contributed by atoms with Crippen molar-refractivity contribution in [1.82, 2.24) is 10.6 Å². The maximum atomic E-state index is 13.4. The molecular formula is C28H27FN2O7. The summed E-state index contributed by atoms with van der Waals surface area (Å²) in [5.74, 6) is -3.05. The van der Waals surface area contributed by atoms with Crippen molar-refractivity contribution in [3.05, 3.63) is 70.0 Å². The van der Waals surface area contributed by atoms with Gasteiger partial charge in [0.25, 0.3) is 0 Å². The van der Waals surface area contributed by atoms with Gasteiger partial charge in [-0.25, -0.2) is 14.0 Å². The quantitative estimate of drug-likeness (QED) is 0.283. The largest absolute Gasteiger partial charge is 0.480 e. The van der Waals surface area contributed by atoms with Crippen molar-refractivity contribution in [2.24, 2.45) is 5.92 Å². The molecule has 4 rings (SSSR count). The summed E-state index contributed by atoms with van der Waals surface area (Å²) in [5, 5.41) is 15.5. The molecule has 2 aromatic carbocycles. The lowest BCUT2D eigenvalue weighted by molar-refractivity contribution is -0.143. The number of aryl methyl sites for hydroxylation is 1. The number of hydrogen-bond acceptors (Lipinski definition) is 6. The summed E-state index contributed by atoms with van der Waals surface area (Å²) in [6.07, 6.45) is 1.76. The van der Waals surface area contributed by atoms with Crippen LogP contribution in [0.3, 0.4) is 0 Å². The van der Waals surface area contributed by atoms with Gasteiger partial charge in [-0.3, -0.25) is 9.59 Å². The second-order valence-electron chi connectivity index (χ2n) is 9.22. The number of rotatable bonds is 9. The van der Waals surface area contributed by atoms with E-state index in [-0.39, 0.29) is 29.3 Å². The Kier molecular flexibility index (Phi) is 7.61. The summed E-state index contributed by atoms with van der Waals surface area (Å²) in [6, 6.07) is 8.28. The first-order valence-corrected chi connectivity index (χ1v) is 12.1. The zero-order chi connectivity index (χ0) is 27.6. The zero-order valence-corrected chi connectivity index (χ0v) is 21.1. The minimum atomic E-state index is -1.15. The molecule has 10 heteroatoms. The van der Waals surface area contributed by atoms with Gasteiger partial charge in [-0.15, -0.1) is 0 Å². The van der Waals surface area contributed by atoms with Gasteiger partial charge in [-0.1, -0.05) is 32.4 Å². The van der Waals surface area contributed by atoms with E-state index in [0.29, 0.717) is 23.0 Å². The van der Waals surface area contributed by atoms with E-state index in [1.54, 1.807) is 44.4 Å². The molecule has 0 aliphatic carbocycles. The number of halogens is 1. The van der Waals surface area contributed by atoms with Crippen LogP contribution in [0.5, 0.6) is 0 Å². The molecule has 9 nitrogen and oxygen atoms in total. The predicted octanol–water partition coefficient (Wildman–Crippen LogP) is 3.93. The number of carboxylic acid groups (broad SMARTS) is 1. The fourth-order valence-corrected chi connectivity index (χ4v) is 4.28. The summed E-state index contributed by atoms with van der Waals surface area (Å²) in [6.45, 7) is 4.78. The molecule has 2 heterocycles. The molecule has 2 aromatic heterocycles. The van der Waals surface area contributed by atoms with Crippen LogP contribution in [0, 0.1) is 18.7 Å². The monoisotopic (exact) mass is 522 g/mol. The maximum Gasteiger partial charge on any atom is 0.340 e. The highest BCUT2D eigenvalue weighted by Crippen LogP contribution is 2.34. The molecule has 0 bridgehead atoms. The lowest BCUT2D eigenvalue weighted by Gasteiger charge is -2.20. The third kappa shape index (κ3) is 5.44. The van der Waals surface area contributed by atoms with Gasteiger partial charge < -0.3 is 24.6 Å². The fraction of sp³-hybridized carbons (Fsp3) is 0.286. The first kappa shape index (κ1) is 26.6. The highest BCUT2D eigenvalue weighted by molar-refractivity contribution is 6.02. The van der Waals surface area contributed by atoms with Crippen molar-refractivity contribution in [3.63, 3.8) is 0 Å². The third-order valence-electron chi connectivity index (χ3n) is 6.72. The average Bonchev–Trinajstić information content (AvgIpc) is 3.30. The summed E-state index contributed by atoms with van der Waals surface area (Å²) >= 11 is 0. The molecule has 0 radical (unpaired) electrons. The minimum Gasteiger partial charge on any atom is -0.480 e. The number of carbonyl (C=O) groups is 3. The number of carbonyl (C=O) groups excluding carboxylic acids is 2. The third-order valence-corrected chi connectivity index (χ3v) is 6.72. The normalized spacial score (nSPS) is 12.8. The van der Waals surface area contributed by atoms with Crippen LogP contribution in [0.25, 0.3) is 33.1 Å². The van der Waals surface area contributed by atoms with E-state index in [1.165, 1.54) is 12.1 Å². The van der Waals surface area contributed by atoms with E-state index in [2.05, 4.69) is 10.6 Å². The van der Waals surface area contributed by atoms with Crippen LogP contribution < -0.4 is 16.3 Å². The number of benzene rings is 2. The molecule has 0 aliphatic rings. The van der Waals surface area contributed by atoms with Crippen LogP contribution in [0.1, 0.15) is 31.4 Å². The van der Waals surface area contributed by atoms with Crippen LogP contribution >= 0.6 is 0 Å². The number of hydrogen-bond donors (Lipinski definition) is 3. The Labute approximate surface area is 216 Å². The van der Waals surface area contributed by atoms with Gasteiger partial charge in [0.1, 0.15) is 23.0 Å². The fourth-order valence-electron chi connectivity index (χ4n) is 4.28. The molecule has 3 N–H and O–H groups in total. The molecule has 38 heavy (non-hydrogen) atoms. The van der Waals surface area contributed by atoms with Gasteiger partial charge in [0.05, 0.1) is 24.8 Å². The summed E-state index contributed by atoms with van der Waals surface area (Å²) in [7, 11) is 0. The number of fused-ring (bicyclic) bond motifs is 2. The first-order chi connectivity index (χ1) is 18.1. The standard InChI is InChI=1S/C28H27FN2O7/c1-4-14(2)26(27(34)35)31-25(33)12-30-24(32)10-19-15(3)18-9-20-21(16-5-7-17(29)8-6-16)13-37-22(20)11-23(18)38-28(19)36/h5-9,11,13-14,26H,4,10,12H2,1-3H3,(H,30,32)(H,31,33)(H,34,35). The highest BCUT2D eigenvalue weighted by Gasteiger charge is 2.25. The molecule has 2 unspecified atom stereocenters. The number of amides is 2. The SMILES string of the molecule is CCC(C)C(NC(=O)CNC(=O)Cc1c(C)c2cc3c(-c4ccc(F)cc4)coc3cc2oc1=O)C(=O)O. The van der Waals surface area contributed by atoms with Gasteiger partial charge in [-0.05, 0) is 42.2 Å². The zero-order valence-electron chi connectivity index (χ0n) is 21.1. The van der Waals surface area contributed by atoms with Gasteiger partial charge >= 0.3 is 11.6 Å². The van der Waals surface area contributed by atoms with Crippen LogP contribution in [0.2, 0.25) is 0 Å². The van der Waals surface area contributed by atoms with E-state index in [1.807, 2.05) is 6.92 Å².